The van der Waals surface area contributed by atoms with E-state index in [0.717, 1.165) is 5.56 Å². The lowest BCUT2D eigenvalue weighted by molar-refractivity contribution is -0.114. The molecule has 0 saturated carbocycles. The Bertz CT molecular complexity index is 1340. The number of anilines is 1. The third-order valence-corrected chi connectivity index (χ3v) is 8.20. The average molecular weight is 496 g/mol. The molecule has 0 bridgehead atoms. The Hall–Kier alpha value is -3.50. The molecular formula is C25H29N5O4S. The number of nitrogens with zero attached hydrogens (tertiary/aromatic N) is 4. The lowest BCUT2D eigenvalue weighted by atomic mass is 10.1. The summed E-state index contributed by atoms with van der Waals surface area (Å²) >= 11 is 0. The van der Waals surface area contributed by atoms with Crippen LogP contribution in [0.2, 0.25) is 0 Å². The van der Waals surface area contributed by atoms with Gasteiger partial charge in [-0.2, -0.15) is 9.40 Å². The summed E-state index contributed by atoms with van der Waals surface area (Å²) in [5.41, 5.74) is 3.09. The second kappa shape index (κ2) is 10.0. The predicted molar refractivity (Wildman–Crippen MR) is 133 cm³/mol. The van der Waals surface area contributed by atoms with Gasteiger partial charge in [0.2, 0.25) is 15.9 Å². The zero-order valence-corrected chi connectivity index (χ0v) is 20.9. The van der Waals surface area contributed by atoms with Gasteiger partial charge in [-0.15, -0.1) is 0 Å². The van der Waals surface area contributed by atoms with Gasteiger partial charge in [0.1, 0.15) is 4.90 Å². The lowest BCUT2D eigenvalue weighted by Crippen LogP contribution is -2.50. The number of nitrogens with one attached hydrogen (secondary N) is 1. The van der Waals surface area contributed by atoms with E-state index < -0.39 is 10.0 Å². The van der Waals surface area contributed by atoms with Crippen molar-refractivity contribution in [3.05, 3.63) is 77.1 Å². The molecule has 10 heteroatoms. The van der Waals surface area contributed by atoms with Gasteiger partial charge >= 0.3 is 0 Å². The van der Waals surface area contributed by atoms with Gasteiger partial charge in [0, 0.05) is 44.4 Å². The van der Waals surface area contributed by atoms with Crippen molar-refractivity contribution in [1.82, 2.24) is 19.0 Å². The van der Waals surface area contributed by atoms with E-state index in [1.165, 1.54) is 11.2 Å². The fourth-order valence-corrected chi connectivity index (χ4v) is 6.14. The van der Waals surface area contributed by atoms with E-state index in [4.69, 9.17) is 0 Å². The Morgan fingerprint density at radius 2 is 1.66 bits per heavy atom. The highest BCUT2D eigenvalue weighted by molar-refractivity contribution is 7.89. The normalized spacial score (nSPS) is 14.7. The Morgan fingerprint density at radius 1 is 0.971 bits per heavy atom. The summed E-state index contributed by atoms with van der Waals surface area (Å²) in [6.07, 6.45) is 0. The van der Waals surface area contributed by atoms with Crippen LogP contribution in [0.25, 0.3) is 0 Å². The molecule has 4 rings (SSSR count). The number of piperazine rings is 1. The molecule has 0 spiro atoms. The number of benzene rings is 2. The van der Waals surface area contributed by atoms with Gasteiger partial charge < -0.3 is 10.2 Å². The van der Waals surface area contributed by atoms with Crippen molar-refractivity contribution in [1.29, 1.82) is 0 Å². The predicted octanol–water partition coefficient (Wildman–Crippen LogP) is 2.65. The van der Waals surface area contributed by atoms with Crippen molar-refractivity contribution in [2.24, 2.45) is 0 Å². The zero-order chi connectivity index (χ0) is 25.2. The first kappa shape index (κ1) is 24.6. The van der Waals surface area contributed by atoms with Crippen LogP contribution in [0.1, 0.15) is 34.2 Å². The molecule has 3 aromatic rings. The number of amides is 2. The third kappa shape index (κ3) is 5.28. The maximum Gasteiger partial charge on any atom is 0.254 e. The quantitative estimate of drug-likeness (QED) is 0.566. The number of aromatic nitrogens is 2. The summed E-state index contributed by atoms with van der Waals surface area (Å²) in [6.45, 7) is 6.33. The molecule has 1 aromatic heterocycles. The third-order valence-electron chi connectivity index (χ3n) is 6.04. The molecule has 0 aliphatic carbocycles. The van der Waals surface area contributed by atoms with Crippen LogP contribution in [0.15, 0.2) is 59.5 Å². The first-order valence-electron chi connectivity index (χ1n) is 11.4. The molecule has 35 heavy (non-hydrogen) atoms. The molecule has 2 amide bonds. The van der Waals surface area contributed by atoms with E-state index in [0.29, 0.717) is 29.2 Å². The summed E-state index contributed by atoms with van der Waals surface area (Å²) in [6, 6.07) is 16.5. The van der Waals surface area contributed by atoms with Crippen molar-refractivity contribution in [3.8, 4) is 0 Å². The average Bonchev–Trinajstić information content (AvgIpc) is 3.12. The van der Waals surface area contributed by atoms with Gasteiger partial charge in [-0.1, -0.05) is 36.4 Å². The van der Waals surface area contributed by atoms with Gasteiger partial charge in [-0.25, -0.2) is 8.42 Å². The van der Waals surface area contributed by atoms with E-state index in [1.807, 2.05) is 30.3 Å². The zero-order valence-electron chi connectivity index (χ0n) is 20.1. The van der Waals surface area contributed by atoms with Crippen LogP contribution >= 0.6 is 0 Å². The standard InChI is InChI=1S/C25H29N5O4S/c1-18-24(19(2)30(27-18)17-21-8-5-4-6-9-21)35(33,34)29-14-12-28(13-15-29)25(32)22-10-7-11-23(16-22)26-20(3)31/h4-11,16H,12-15,17H2,1-3H3,(H,26,31). The smallest absolute Gasteiger partial charge is 0.254 e. The Morgan fingerprint density at radius 3 is 2.31 bits per heavy atom. The van der Waals surface area contributed by atoms with Crippen LogP contribution in [0.3, 0.4) is 0 Å². The highest BCUT2D eigenvalue weighted by atomic mass is 32.2. The Kier molecular flexibility index (Phi) is 7.04. The van der Waals surface area contributed by atoms with Crippen molar-refractivity contribution in [2.45, 2.75) is 32.2 Å². The second-order valence-electron chi connectivity index (χ2n) is 8.60. The Balaban J connectivity index is 1.47. The second-order valence-corrected chi connectivity index (χ2v) is 10.5. The molecule has 9 nitrogen and oxygen atoms in total. The maximum atomic E-state index is 13.5. The van der Waals surface area contributed by atoms with Crippen LogP contribution in [0.5, 0.6) is 0 Å². The first-order valence-corrected chi connectivity index (χ1v) is 12.9. The molecule has 184 valence electrons. The number of rotatable bonds is 6. The SMILES string of the molecule is CC(=O)Nc1cccc(C(=O)N2CCN(S(=O)(=O)c3c(C)nn(Cc4ccccc4)c3C)CC2)c1. The topological polar surface area (TPSA) is 105 Å². The first-order chi connectivity index (χ1) is 16.7. The lowest BCUT2D eigenvalue weighted by Gasteiger charge is -2.34. The minimum absolute atomic E-state index is 0.197. The molecule has 1 N–H and O–H groups in total. The molecule has 2 heterocycles. The minimum atomic E-state index is -3.76. The van der Waals surface area contributed by atoms with Crippen molar-refractivity contribution < 1.29 is 18.0 Å². The summed E-state index contributed by atoms with van der Waals surface area (Å²) in [7, 11) is -3.76. The molecule has 0 radical (unpaired) electrons. The van der Waals surface area contributed by atoms with Crippen LogP contribution in [-0.4, -0.2) is 65.4 Å². The van der Waals surface area contributed by atoms with Crippen LogP contribution in [0, 0.1) is 13.8 Å². The number of carbonyl (C=O) groups excluding carboxylic acids is 2. The number of hydrogen-bond acceptors (Lipinski definition) is 5. The summed E-state index contributed by atoms with van der Waals surface area (Å²) in [5, 5.41) is 7.17. The van der Waals surface area contributed by atoms with E-state index in [1.54, 1.807) is 47.7 Å². The van der Waals surface area contributed by atoms with Crippen molar-refractivity contribution >= 4 is 27.5 Å². The fourth-order valence-electron chi connectivity index (χ4n) is 4.34. The number of aryl methyl sites for hydroxylation is 1. The number of sulfonamides is 1. The summed E-state index contributed by atoms with van der Waals surface area (Å²) in [4.78, 5) is 26.2. The fraction of sp³-hybridized carbons (Fsp3) is 0.320. The van der Waals surface area contributed by atoms with E-state index in [9.17, 15) is 18.0 Å². The molecule has 1 fully saturated rings. The van der Waals surface area contributed by atoms with E-state index in [-0.39, 0.29) is 42.9 Å². The molecule has 1 aliphatic heterocycles. The number of hydrogen-bond donors (Lipinski definition) is 1. The molecular weight excluding hydrogens is 466 g/mol. The van der Waals surface area contributed by atoms with Crippen molar-refractivity contribution in [3.63, 3.8) is 0 Å². The van der Waals surface area contributed by atoms with E-state index >= 15 is 0 Å². The highest BCUT2D eigenvalue weighted by Crippen LogP contribution is 2.25. The van der Waals surface area contributed by atoms with Gasteiger partial charge in [-0.3, -0.25) is 14.3 Å². The van der Waals surface area contributed by atoms with E-state index in [2.05, 4.69) is 10.4 Å². The molecule has 0 unspecified atom stereocenters. The van der Waals surface area contributed by atoms with Gasteiger partial charge in [0.25, 0.3) is 5.91 Å². The van der Waals surface area contributed by atoms with Crippen LogP contribution in [-0.2, 0) is 21.4 Å². The number of carbonyl (C=O) groups is 2. The van der Waals surface area contributed by atoms with Crippen molar-refractivity contribution in [2.75, 3.05) is 31.5 Å². The molecule has 2 aromatic carbocycles. The van der Waals surface area contributed by atoms with Crippen LogP contribution in [0.4, 0.5) is 5.69 Å². The highest BCUT2D eigenvalue weighted by Gasteiger charge is 2.34. The van der Waals surface area contributed by atoms with Crippen LogP contribution < -0.4 is 5.32 Å². The molecule has 0 atom stereocenters. The monoisotopic (exact) mass is 495 g/mol. The van der Waals surface area contributed by atoms with Gasteiger partial charge in [0.15, 0.2) is 0 Å². The molecule has 1 aliphatic rings. The van der Waals surface area contributed by atoms with Gasteiger partial charge in [0.05, 0.1) is 17.9 Å². The maximum absolute atomic E-state index is 13.5. The molecule has 1 saturated heterocycles. The summed E-state index contributed by atoms with van der Waals surface area (Å²) < 4.78 is 30.2. The largest absolute Gasteiger partial charge is 0.336 e. The van der Waals surface area contributed by atoms with Gasteiger partial charge in [-0.05, 0) is 37.6 Å². The summed E-state index contributed by atoms with van der Waals surface area (Å²) in [5.74, 6) is -0.414. The Labute approximate surface area is 205 Å². The minimum Gasteiger partial charge on any atom is -0.336 e.